The highest BCUT2D eigenvalue weighted by molar-refractivity contribution is 5.85. The molecule has 3 heteroatoms. The van der Waals surface area contributed by atoms with Crippen molar-refractivity contribution in [1.29, 1.82) is 0 Å². The Kier molecular flexibility index (Phi) is 7.40. The molecule has 0 heterocycles. The van der Waals surface area contributed by atoms with Crippen molar-refractivity contribution in [3.05, 3.63) is 53.6 Å². The van der Waals surface area contributed by atoms with Gasteiger partial charge in [-0.05, 0) is 60.1 Å². The summed E-state index contributed by atoms with van der Waals surface area (Å²) >= 11 is 0. The van der Waals surface area contributed by atoms with Crippen molar-refractivity contribution in [1.82, 2.24) is 0 Å². The summed E-state index contributed by atoms with van der Waals surface area (Å²) in [5.41, 5.74) is 11.0. The van der Waals surface area contributed by atoms with Crippen molar-refractivity contribution in [2.45, 2.75) is 52.5 Å². The average molecular weight is 354 g/mol. The van der Waals surface area contributed by atoms with E-state index in [0.717, 1.165) is 25.0 Å². The number of ketones is 1. The second kappa shape index (κ2) is 9.54. The topological polar surface area (TPSA) is 52.3 Å². The van der Waals surface area contributed by atoms with Crippen LogP contribution in [0.25, 0.3) is 11.1 Å². The summed E-state index contributed by atoms with van der Waals surface area (Å²) < 4.78 is 5.33. The second-order valence-electron chi connectivity index (χ2n) is 6.93. The fraction of sp³-hybridized carbons (Fsp3) is 0.435. The molecule has 2 atom stereocenters. The summed E-state index contributed by atoms with van der Waals surface area (Å²) in [5.74, 6) is 1.12. The summed E-state index contributed by atoms with van der Waals surface area (Å²) in [6.07, 6.45) is 3.34. The minimum Gasteiger partial charge on any atom is -0.497 e. The molecule has 0 aliphatic carbocycles. The van der Waals surface area contributed by atoms with Crippen LogP contribution < -0.4 is 10.5 Å². The normalized spacial score (nSPS) is 13.3. The van der Waals surface area contributed by atoms with Crippen molar-refractivity contribution in [2.24, 2.45) is 11.7 Å². The van der Waals surface area contributed by atoms with Gasteiger partial charge in [0.1, 0.15) is 5.75 Å². The van der Waals surface area contributed by atoms with E-state index in [4.69, 9.17) is 10.5 Å². The Hall–Kier alpha value is -2.13. The number of benzene rings is 2. The van der Waals surface area contributed by atoms with Gasteiger partial charge in [-0.1, -0.05) is 51.1 Å². The number of carbonyl (C=O) groups excluding carboxylic acids is 1. The number of carbonyl (C=O) groups is 1. The zero-order valence-electron chi connectivity index (χ0n) is 16.4. The van der Waals surface area contributed by atoms with Gasteiger partial charge >= 0.3 is 0 Å². The molecule has 0 radical (unpaired) electrons. The van der Waals surface area contributed by atoms with Crippen LogP contribution in [0.3, 0.4) is 0 Å². The summed E-state index contributed by atoms with van der Waals surface area (Å²) in [5, 5.41) is 0. The molecule has 0 aliphatic heterocycles. The largest absolute Gasteiger partial charge is 0.497 e. The van der Waals surface area contributed by atoms with Gasteiger partial charge in [0.05, 0.1) is 13.2 Å². The highest BCUT2D eigenvalue weighted by atomic mass is 16.5. The fourth-order valence-corrected chi connectivity index (χ4v) is 3.15. The van der Waals surface area contributed by atoms with E-state index in [9.17, 15) is 4.79 Å². The lowest BCUT2D eigenvalue weighted by atomic mass is 9.93. The van der Waals surface area contributed by atoms with Crippen molar-refractivity contribution in [3.8, 4) is 16.9 Å². The van der Waals surface area contributed by atoms with E-state index in [1.807, 2.05) is 19.9 Å². The first-order valence-electron chi connectivity index (χ1n) is 9.55. The molecule has 0 amide bonds. The van der Waals surface area contributed by atoms with Crippen LogP contribution in [0, 0.1) is 5.92 Å². The monoisotopic (exact) mass is 353 g/mol. The van der Waals surface area contributed by atoms with Crippen LogP contribution in [-0.2, 0) is 17.6 Å². The van der Waals surface area contributed by atoms with Crippen LogP contribution in [0.2, 0.25) is 0 Å². The molecule has 3 nitrogen and oxygen atoms in total. The van der Waals surface area contributed by atoms with Gasteiger partial charge in [-0.2, -0.15) is 0 Å². The fourth-order valence-electron chi connectivity index (χ4n) is 3.15. The van der Waals surface area contributed by atoms with Crippen molar-refractivity contribution in [2.75, 3.05) is 7.11 Å². The first-order chi connectivity index (χ1) is 12.5. The number of hydrogen-bond donors (Lipinski definition) is 1. The number of Topliss-reactive ketones (excluding diaryl/α,β-unsaturated/α-hetero) is 1. The molecule has 26 heavy (non-hydrogen) atoms. The van der Waals surface area contributed by atoms with Crippen LogP contribution in [-0.4, -0.2) is 18.9 Å². The molecular formula is C23H31NO2. The number of rotatable bonds is 9. The molecule has 0 fully saturated rings. The van der Waals surface area contributed by atoms with Crippen LogP contribution in [0.5, 0.6) is 5.75 Å². The first-order valence-corrected chi connectivity index (χ1v) is 9.55. The zero-order valence-corrected chi connectivity index (χ0v) is 16.4. The maximum atomic E-state index is 12.1. The highest BCUT2D eigenvalue weighted by Gasteiger charge is 2.18. The number of aryl methyl sites for hydroxylation is 2. The quantitative estimate of drug-likeness (QED) is 0.704. The Balaban J connectivity index is 2.06. The summed E-state index contributed by atoms with van der Waals surface area (Å²) in [7, 11) is 1.69. The highest BCUT2D eigenvalue weighted by Crippen LogP contribution is 2.28. The smallest absolute Gasteiger partial charge is 0.152 e. The van der Waals surface area contributed by atoms with Gasteiger partial charge in [0.25, 0.3) is 0 Å². The molecule has 0 saturated heterocycles. The minimum atomic E-state index is -0.363. The number of hydrogen-bond acceptors (Lipinski definition) is 3. The van der Waals surface area contributed by atoms with Crippen molar-refractivity contribution in [3.63, 3.8) is 0 Å². The lowest BCUT2D eigenvalue weighted by Gasteiger charge is -2.15. The predicted octanol–water partition coefficient (Wildman–Crippen LogP) is 4.80. The molecule has 140 valence electrons. The Morgan fingerprint density at radius 3 is 2.38 bits per heavy atom. The van der Waals surface area contributed by atoms with Crippen LogP contribution in [0.1, 0.15) is 44.7 Å². The van der Waals surface area contributed by atoms with Gasteiger partial charge in [0.2, 0.25) is 0 Å². The van der Waals surface area contributed by atoms with Gasteiger partial charge < -0.3 is 10.5 Å². The van der Waals surface area contributed by atoms with E-state index >= 15 is 0 Å². The van der Waals surface area contributed by atoms with Gasteiger partial charge in [0, 0.05) is 5.92 Å². The summed E-state index contributed by atoms with van der Waals surface area (Å²) in [6.45, 7) is 6.14. The zero-order chi connectivity index (χ0) is 19.1. The average Bonchev–Trinajstić information content (AvgIpc) is 2.70. The molecular weight excluding hydrogens is 322 g/mol. The Labute approximate surface area is 157 Å². The molecule has 0 saturated carbocycles. The standard InChI is InChI=1S/C23H31NO2/c1-5-16(3)23(25)22(24)14-9-17-7-10-19(11-8-17)21-13-12-20(26-4)15-18(21)6-2/h7-8,10-13,15-16,22H,5-6,9,14,24H2,1-4H3/t16?,22-/m0/s1. The van der Waals surface area contributed by atoms with Crippen LogP contribution in [0.15, 0.2) is 42.5 Å². The van der Waals surface area contributed by atoms with Gasteiger partial charge in [-0.25, -0.2) is 0 Å². The molecule has 0 spiro atoms. The molecule has 2 aromatic rings. The molecule has 0 aliphatic rings. The SMILES string of the molecule is CCc1cc(OC)ccc1-c1ccc(CC[C@H](N)C(=O)C(C)CC)cc1. The van der Waals surface area contributed by atoms with Crippen molar-refractivity contribution < 1.29 is 9.53 Å². The maximum Gasteiger partial charge on any atom is 0.152 e. The lowest BCUT2D eigenvalue weighted by molar-refractivity contribution is -0.123. The van der Waals surface area contributed by atoms with Gasteiger partial charge in [-0.15, -0.1) is 0 Å². The third-order valence-electron chi connectivity index (χ3n) is 5.17. The predicted molar refractivity (Wildman–Crippen MR) is 109 cm³/mol. The van der Waals surface area contributed by atoms with E-state index in [1.54, 1.807) is 7.11 Å². The Morgan fingerprint density at radius 1 is 1.12 bits per heavy atom. The van der Waals surface area contributed by atoms with E-state index < -0.39 is 0 Å². The molecule has 0 bridgehead atoms. The molecule has 0 aromatic heterocycles. The minimum absolute atomic E-state index is 0.0508. The number of nitrogens with two attached hydrogens (primary N) is 1. The Morgan fingerprint density at radius 2 is 1.81 bits per heavy atom. The van der Waals surface area contributed by atoms with Gasteiger partial charge in [0.15, 0.2) is 5.78 Å². The third-order valence-corrected chi connectivity index (χ3v) is 5.17. The van der Waals surface area contributed by atoms with E-state index in [-0.39, 0.29) is 17.7 Å². The Bertz CT molecular complexity index is 721. The van der Waals surface area contributed by atoms with E-state index in [0.29, 0.717) is 6.42 Å². The second-order valence-corrected chi connectivity index (χ2v) is 6.93. The summed E-state index contributed by atoms with van der Waals surface area (Å²) in [6, 6.07) is 14.4. The van der Waals surface area contributed by atoms with Crippen molar-refractivity contribution >= 4 is 5.78 Å². The third kappa shape index (κ3) is 4.95. The first kappa shape index (κ1) is 20.2. The number of methoxy groups -OCH3 is 1. The van der Waals surface area contributed by atoms with Crippen LogP contribution in [0.4, 0.5) is 0 Å². The van der Waals surface area contributed by atoms with Gasteiger partial charge in [-0.3, -0.25) is 4.79 Å². The molecule has 2 aromatic carbocycles. The molecule has 1 unspecified atom stereocenters. The summed E-state index contributed by atoms with van der Waals surface area (Å²) in [4.78, 5) is 12.1. The number of ether oxygens (including phenoxy) is 1. The van der Waals surface area contributed by atoms with E-state index in [1.165, 1.54) is 22.3 Å². The lowest BCUT2D eigenvalue weighted by Crippen LogP contribution is -2.34. The van der Waals surface area contributed by atoms with E-state index in [2.05, 4.69) is 43.3 Å². The van der Waals surface area contributed by atoms with Crippen LogP contribution >= 0.6 is 0 Å². The maximum absolute atomic E-state index is 12.1. The molecule has 2 N–H and O–H groups in total. The molecule has 2 rings (SSSR count).